The molecule has 0 radical (unpaired) electrons. The Morgan fingerprint density at radius 3 is 2.58 bits per heavy atom. The molecule has 3 saturated heterocycles. The molecule has 1 atom stereocenters. The van der Waals surface area contributed by atoms with Gasteiger partial charge < -0.3 is 19.4 Å². The Labute approximate surface area is 143 Å². The first-order valence-corrected chi connectivity index (χ1v) is 8.35. The summed E-state index contributed by atoms with van der Waals surface area (Å²) in [5, 5.41) is 10.2. The van der Waals surface area contributed by atoms with Gasteiger partial charge in [-0.05, 0) is 67.7 Å². The van der Waals surface area contributed by atoms with Gasteiger partial charge in [-0.2, -0.15) is 0 Å². The quantitative estimate of drug-likeness (QED) is 0.913. The number of ether oxygens (including phenoxy) is 1. The van der Waals surface area contributed by atoms with Crippen molar-refractivity contribution < 1.29 is 13.9 Å². The Hall–Kier alpha value is -2.12. The second-order valence-corrected chi connectivity index (χ2v) is 6.49. The number of piperidine rings is 3. The van der Waals surface area contributed by atoms with Gasteiger partial charge in [0.25, 0.3) is 5.91 Å². The molecule has 0 aliphatic carbocycles. The van der Waals surface area contributed by atoms with Gasteiger partial charge in [0.2, 0.25) is 0 Å². The summed E-state index contributed by atoms with van der Waals surface area (Å²) in [6.45, 7) is 3.26. The van der Waals surface area contributed by atoms with Gasteiger partial charge in [-0.15, -0.1) is 0 Å². The zero-order valence-electron chi connectivity index (χ0n) is 12.9. The molecule has 1 N–H and O–H groups in total. The molecule has 0 spiro atoms. The molecule has 5 rings (SSSR count). The fraction of sp³-hybridized carbons (Fsp3) is 0.438. The maximum atomic E-state index is 12.4. The molecule has 4 heterocycles. The van der Waals surface area contributed by atoms with Gasteiger partial charge in [-0.1, -0.05) is 10.2 Å². The van der Waals surface area contributed by atoms with Crippen LogP contribution in [-0.2, 0) is 0 Å². The van der Waals surface area contributed by atoms with E-state index in [9.17, 15) is 4.79 Å². The fourth-order valence-electron chi connectivity index (χ4n) is 3.39. The number of nitrogens with zero attached hydrogens (tertiary/aromatic N) is 3. The van der Waals surface area contributed by atoms with Gasteiger partial charge >= 0.3 is 11.4 Å². The van der Waals surface area contributed by atoms with Crippen molar-refractivity contribution in [3.05, 3.63) is 35.2 Å². The van der Waals surface area contributed by atoms with Crippen molar-refractivity contribution in [1.82, 2.24) is 20.4 Å². The van der Waals surface area contributed by atoms with Crippen molar-refractivity contribution in [1.29, 1.82) is 0 Å². The van der Waals surface area contributed by atoms with Crippen molar-refractivity contribution in [2.45, 2.75) is 18.9 Å². The molecule has 3 aliphatic rings. The molecule has 7 nitrogen and oxygen atoms in total. The average molecular weight is 349 g/mol. The van der Waals surface area contributed by atoms with Crippen molar-refractivity contribution >= 4 is 17.5 Å². The summed E-state index contributed by atoms with van der Waals surface area (Å²) in [7, 11) is 0. The van der Waals surface area contributed by atoms with E-state index in [-0.39, 0.29) is 23.4 Å². The van der Waals surface area contributed by atoms with E-state index < -0.39 is 0 Å². The third kappa shape index (κ3) is 3.22. The normalized spacial score (nSPS) is 25.5. The Balaban J connectivity index is 1.38. The van der Waals surface area contributed by atoms with Crippen LogP contribution in [0.5, 0.6) is 11.8 Å². The lowest BCUT2D eigenvalue weighted by Crippen LogP contribution is -2.57. The molecule has 3 fully saturated rings. The van der Waals surface area contributed by atoms with E-state index in [4.69, 9.17) is 20.8 Å². The lowest BCUT2D eigenvalue weighted by Gasteiger charge is -2.44. The monoisotopic (exact) mass is 348 g/mol. The molecule has 24 heavy (non-hydrogen) atoms. The summed E-state index contributed by atoms with van der Waals surface area (Å²) < 4.78 is 10.3. The minimum atomic E-state index is -0.0847. The summed E-state index contributed by atoms with van der Waals surface area (Å²) in [4.78, 5) is 14.8. The van der Waals surface area contributed by atoms with Gasteiger partial charge in [0, 0.05) is 18.2 Å². The number of carbonyl (C=O) groups is 1. The molecule has 1 aromatic heterocycles. The zero-order chi connectivity index (χ0) is 16.5. The van der Waals surface area contributed by atoms with Gasteiger partial charge in [0.15, 0.2) is 0 Å². The molecule has 0 saturated carbocycles. The SMILES string of the molecule is O=C(N[C@H]1CN2CCC1CC2)c1ccc(Oc2nnc(Cl)o2)cc1. The highest BCUT2D eigenvalue weighted by atomic mass is 35.5. The van der Waals surface area contributed by atoms with E-state index in [1.54, 1.807) is 24.3 Å². The Morgan fingerprint density at radius 2 is 2.00 bits per heavy atom. The predicted molar refractivity (Wildman–Crippen MR) is 86.2 cm³/mol. The van der Waals surface area contributed by atoms with Crippen LogP contribution in [0.25, 0.3) is 0 Å². The molecule has 8 heteroatoms. The minimum Gasteiger partial charge on any atom is -0.410 e. The number of hydrogen-bond acceptors (Lipinski definition) is 6. The number of aromatic nitrogens is 2. The summed E-state index contributed by atoms with van der Waals surface area (Å²) in [6.07, 6.45) is 2.30. The summed E-state index contributed by atoms with van der Waals surface area (Å²) in [5.74, 6) is 1.04. The smallest absolute Gasteiger partial charge is 0.410 e. The largest absolute Gasteiger partial charge is 0.421 e. The number of hydrogen-bond donors (Lipinski definition) is 1. The van der Waals surface area contributed by atoms with E-state index in [0.717, 1.165) is 19.6 Å². The predicted octanol–water partition coefficient (Wildman–Crippen LogP) is 2.34. The van der Waals surface area contributed by atoms with E-state index in [1.165, 1.54) is 12.8 Å². The highest BCUT2D eigenvalue weighted by Crippen LogP contribution is 2.28. The molecule has 2 aromatic rings. The van der Waals surface area contributed by atoms with Crippen molar-refractivity contribution in [3.63, 3.8) is 0 Å². The van der Waals surface area contributed by atoms with Gasteiger partial charge in [-0.3, -0.25) is 4.79 Å². The van der Waals surface area contributed by atoms with Crippen molar-refractivity contribution in [3.8, 4) is 11.8 Å². The lowest BCUT2D eigenvalue weighted by atomic mass is 9.84. The lowest BCUT2D eigenvalue weighted by molar-refractivity contribution is 0.0620. The summed E-state index contributed by atoms with van der Waals surface area (Å²) in [5.41, 5.74) is 0.599. The number of halogens is 1. The number of amides is 1. The maximum Gasteiger partial charge on any atom is 0.421 e. The topological polar surface area (TPSA) is 80.5 Å². The fourth-order valence-corrected chi connectivity index (χ4v) is 3.49. The first kappa shape index (κ1) is 15.4. The average Bonchev–Trinajstić information content (AvgIpc) is 3.01. The molecular weight excluding hydrogens is 332 g/mol. The van der Waals surface area contributed by atoms with Crippen LogP contribution in [0, 0.1) is 5.92 Å². The highest BCUT2D eigenvalue weighted by molar-refractivity contribution is 6.27. The minimum absolute atomic E-state index is 0.0375. The van der Waals surface area contributed by atoms with Crippen LogP contribution in [0.4, 0.5) is 0 Å². The summed E-state index contributed by atoms with van der Waals surface area (Å²) >= 11 is 5.54. The van der Waals surface area contributed by atoms with Crippen LogP contribution in [0.2, 0.25) is 5.35 Å². The van der Waals surface area contributed by atoms with Gasteiger partial charge in [-0.25, -0.2) is 0 Å². The zero-order valence-corrected chi connectivity index (χ0v) is 13.7. The summed E-state index contributed by atoms with van der Waals surface area (Å²) in [6, 6.07) is 7.04. The molecule has 0 unspecified atom stereocenters. The Bertz CT molecular complexity index is 725. The number of rotatable bonds is 4. The highest BCUT2D eigenvalue weighted by Gasteiger charge is 2.34. The Morgan fingerprint density at radius 1 is 1.25 bits per heavy atom. The standard InChI is InChI=1S/C16H17ClN4O3/c17-15-19-20-16(24-15)23-12-3-1-11(2-4-12)14(22)18-13-9-21-7-5-10(13)6-8-21/h1-4,10,13H,5-9H2,(H,18,22)/t13-/m0/s1. The van der Waals surface area contributed by atoms with Crippen LogP contribution in [0.3, 0.4) is 0 Å². The molecule has 1 aromatic carbocycles. The number of nitrogens with one attached hydrogen (secondary N) is 1. The van der Waals surface area contributed by atoms with Crippen LogP contribution >= 0.6 is 11.6 Å². The maximum absolute atomic E-state index is 12.4. The number of carbonyl (C=O) groups excluding carboxylic acids is 1. The second kappa shape index (κ2) is 6.41. The van der Waals surface area contributed by atoms with Crippen molar-refractivity contribution in [2.24, 2.45) is 5.92 Å². The number of fused-ring (bicyclic) bond motifs is 3. The van der Waals surface area contributed by atoms with Gasteiger partial charge in [0.1, 0.15) is 5.75 Å². The first-order chi connectivity index (χ1) is 11.7. The van der Waals surface area contributed by atoms with Gasteiger partial charge in [0.05, 0.1) is 0 Å². The van der Waals surface area contributed by atoms with E-state index in [2.05, 4.69) is 20.4 Å². The van der Waals surface area contributed by atoms with E-state index in [1.807, 2.05) is 0 Å². The third-order valence-electron chi connectivity index (χ3n) is 4.68. The molecule has 126 valence electrons. The van der Waals surface area contributed by atoms with Crippen LogP contribution < -0.4 is 10.1 Å². The molecular formula is C16H17ClN4O3. The van der Waals surface area contributed by atoms with E-state index in [0.29, 0.717) is 17.2 Å². The molecule has 2 bridgehead atoms. The van der Waals surface area contributed by atoms with Crippen molar-refractivity contribution in [2.75, 3.05) is 19.6 Å². The first-order valence-electron chi connectivity index (χ1n) is 7.97. The van der Waals surface area contributed by atoms with Crippen LogP contribution in [0.15, 0.2) is 28.7 Å². The van der Waals surface area contributed by atoms with E-state index >= 15 is 0 Å². The Kier molecular flexibility index (Phi) is 4.12. The van der Waals surface area contributed by atoms with Crippen LogP contribution in [-0.4, -0.2) is 46.7 Å². The van der Waals surface area contributed by atoms with Crippen LogP contribution in [0.1, 0.15) is 23.2 Å². The third-order valence-corrected chi connectivity index (χ3v) is 4.83. The molecule has 1 amide bonds. The molecule has 3 aliphatic heterocycles. The number of benzene rings is 1. The second-order valence-electron chi connectivity index (χ2n) is 6.17.